The van der Waals surface area contributed by atoms with Crippen molar-refractivity contribution in [2.75, 3.05) is 13.1 Å². The van der Waals surface area contributed by atoms with E-state index in [1.165, 1.54) is 4.90 Å². The van der Waals surface area contributed by atoms with Crippen LogP contribution >= 0.6 is 0 Å². The molecule has 0 unspecified atom stereocenters. The smallest absolute Gasteiger partial charge is 0.318 e. The molecule has 0 radical (unpaired) electrons. The average Bonchev–Trinajstić information content (AvgIpc) is 2.43. The van der Waals surface area contributed by atoms with E-state index in [1.54, 1.807) is 0 Å². The molecule has 0 aliphatic heterocycles. The fourth-order valence-corrected chi connectivity index (χ4v) is 2.54. The average molecular weight is 299 g/mol. The van der Waals surface area contributed by atoms with Crippen molar-refractivity contribution in [1.82, 2.24) is 10.2 Å². The van der Waals surface area contributed by atoms with Crippen molar-refractivity contribution in [3.05, 3.63) is 0 Å². The Bertz CT molecular complexity index is 378. The van der Waals surface area contributed by atoms with E-state index in [0.717, 1.165) is 12.8 Å². The van der Waals surface area contributed by atoms with E-state index in [1.807, 2.05) is 6.92 Å². The molecule has 120 valence electrons. The number of rotatable bonds is 7. The standard InChI is InChI=1S/C14H25N3O4/c1-2-3-8-17(9-12(15)18)14(21)16-11-6-4-10(5-7-11)13(19)20/h10-11H,2-9H2,1H3,(H2,15,18)(H,16,21)(H,19,20). The van der Waals surface area contributed by atoms with Crippen molar-refractivity contribution < 1.29 is 19.5 Å². The van der Waals surface area contributed by atoms with E-state index < -0.39 is 11.9 Å². The first-order valence-corrected chi connectivity index (χ1v) is 7.50. The highest BCUT2D eigenvalue weighted by Crippen LogP contribution is 2.24. The molecule has 21 heavy (non-hydrogen) atoms. The summed E-state index contributed by atoms with van der Waals surface area (Å²) in [5.74, 6) is -1.60. The van der Waals surface area contributed by atoms with E-state index >= 15 is 0 Å². The van der Waals surface area contributed by atoms with Crippen molar-refractivity contribution in [3.63, 3.8) is 0 Å². The number of amides is 3. The lowest BCUT2D eigenvalue weighted by Crippen LogP contribution is -2.49. The zero-order valence-corrected chi connectivity index (χ0v) is 12.5. The lowest BCUT2D eigenvalue weighted by molar-refractivity contribution is -0.142. The van der Waals surface area contributed by atoms with Crippen LogP contribution in [0.5, 0.6) is 0 Å². The third-order valence-electron chi connectivity index (χ3n) is 3.82. The van der Waals surface area contributed by atoms with E-state index in [-0.39, 0.29) is 24.5 Å². The number of hydrogen-bond donors (Lipinski definition) is 3. The first-order valence-electron chi connectivity index (χ1n) is 7.50. The highest BCUT2D eigenvalue weighted by Gasteiger charge is 2.27. The number of hydrogen-bond acceptors (Lipinski definition) is 3. The minimum absolute atomic E-state index is 0.0231. The SMILES string of the molecule is CCCCN(CC(N)=O)C(=O)NC1CCC(C(=O)O)CC1. The Balaban J connectivity index is 2.45. The van der Waals surface area contributed by atoms with Gasteiger partial charge in [0.15, 0.2) is 0 Å². The second kappa shape index (κ2) is 8.49. The molecule has 1 rings (SSSR count). The summed E-state index contributed by atoms with van der Waals surface area (Å²) in [4.78, 5) is 35.5. The minimum atomic E-state index is -0.766. The summed E-state index contributed by atoms with van der Waals surface area (Å²) >= 11 is 0. The van der Waals surface area contributed by atoms with Crippen LogP contribution in [0.25, 0.3) is 0 Å². The topological polar surface area (TPSA) is 113 Å². The molecule has 0 saturated heterocycles. The van der Waals surface area contributed by atoms with Gasteiger partial charge in [0.2, 0.25) is 5.91 Å². The monoisotopic (exact) mass is 299 g/mol. The molecule has 1 saturated carbocycles. The van der Waals surface area contributed by atoms with Crippen LogP contribution in [0.1, 0.15) is 45.4 Å². The molecule has 0 bridgehead atoms. The molecule has 7 nitrogen and oxygen atoms in total. The van der Waals surface area contributed by atoms with Gasteiger partial charge < -0.3 is 21.1 Å². The number of primary amides is 1. The zero-order chi connectivity index (χ0) is 15.8. The maximum Gasteiger partial charge on any atom is 0.318 e. The summed E-state index contributed by atoms with van der Waals surface area (Å²) in [6.45, 7) is 2.42. The molecular formula is C14H25N3O4. The van der Waals surface area contributed by atoms with Crippen molar-refractivity contribution in [2.45, 2.75) is 51.5 Å². The quantitative estimate of drug-likeness (QED) is 0.649. The predicted molar refractivity (Wildman–Crippen MR) is 77.6 cm³/mol. The van der Waals surface area contributed by atoms with Crippen LogP contribution < -0.4 is 11.1 Å². The maximum atomic E-state index is 12.2. The van der Waals surface area contributed by atoms with Gasteiger partial charge in [-0.05, 0) is 32.1 Å². The summed E-state index contributed by atoms with van der Waals surface area (Å²) in [5.41, 5.74) is 5.16. The van der Waals surface area contributed by atoms with E-state index in [0.29, 0.717) is 32.2 Å². The van der Waals surface area contributed by atoms with Gasteiger partial charge in [0, 0.05) is 12.6 Å². The Morgan fingerprint density at radius 1 is 1.24 bits per heavy atom. The number of nitrogens with two attached hydrogens (primary N) is 1. The van der Waals surface area contributed by atoms with E-state index in [4.69, 9.17) is 10.8 Å². The van der Waals surface area contributed by atoms with Gasteiger partial charge in [0.05, 0.1) is 5.92 Å². The number of unbranched alkanes of at least 4 members (excludes halogenated alkanes) is 1. The van der Waals surface area contributed by atoms with Crippen LogP contribution in [-0.4, -0.2) is 47.0 Å². The van der Waals surface area contributed by atoms with Gasteiger partial charge in [-0.25, -0.2) is 4.79 Å². The Morgan fingerprint density at radius 2 is 1.86 bits per heavy atom. The second-order valence-electron chi connectivity index (χ2n) is 5.58. The molecule has 0 aromatic carbocycles. The number of urea groups is 1. The Morgan fingerprint density at radius 3 is 2.33 bits per heavy atom. The van der Waals surface area contributed by atoms with Crippen molar-refractivity contribution in [2.24, 2.45) is 11.7 Å². The first kappa shape index (κ1) is 17.3. The van der Waals surface area contributed by atoms with Crippen molar-refractivity contribution in [1.29, 1.82) is 0 Å². The predicted octanol–water partition coefficient (Wildman–Crippen LogP) is 0.927. The molecule has 3 amide bonds. The fourth-order valence-electron chi connectivity index (χ4n) is 2.54. The van der Waals surface area contributed by atoms with Crippen molar-refractivity contribution >= 4 is 17.9 Å². The van der Waals surface area contributed by atoms with Gasteiger partial charge in [-0.3, -0.25) is 9.59 Å². The fraction of sp³-hybridized carbons (Fsp3) is 0.786. The lowest BCUT2D eigenvalue weighted by atomic mass is 9.86. The highest BCUT2D eigenvalue weighted by molar-refractivity contribution is 5.83. The van der Waals surface area contributed by atoms with Crippen molar-refractivity contribution in [3.8, 4) is 0 Å². The van der Waals surface area contributed by atoms with Gasteiger partial charge in [0.1, 0.15) is 6.54 Å². The van der Waals surface area contributed by atoms with Crippen LogP contribution in [0.3, 0.4) is 0 Å². The largest absolute Gasteiger partial charge is 0.481 e. The Hall–Kier alpha value is -1.79. The molecule has 1 aliphatic rings. The zero-order valence-electron chi connectivity index (χ0n) is 12.5. The van der Waals surface area contributed by atoms with Gasteiger partial charge in [-0.15, -0.1) is 0 Å². The number of carboxylic acid groups (broad SMARTS) is 1. The van der Waals surface area contributed by atoms with Gasteiger partial charge >= 0.3 is 12.0 Å². The van der Waals surface area contributed by atoms with Crippen LogP contribution in [0.2, 0.25) is 0 Å². The molecular weight excluding hydrogens is 274 g/mol. The Kier molecular flexibility index (Phi) is 6.98. The number of carboxylic acids is 1. The summed E-state index contributed by atoms with van der Waals surface area (Å²) in [5, 5.41) is 11.8. The van der Waals surface area contributed by atoms with Crippen LogP contribution in [0.15, 0.2) is 0 Å². The number of nitrogens with one attached hydrogen (secondary N) is 1. The van der Waals surface area contributed by atoms with Crippen LogP contribution in [0, 0.1) is 5.92 Å². The van der Waals surface area contributed by atoms with E-state index in [9.17, 15) is 14.4 Å². The van der Waals surface area contributed by atoms with Gasteiger partial charge in [0.25, 0.3) is 0 Å². The van der Waals surface area contributed by atoms with Gasteiger partial charge in [-0.2, -0.15) is 0 Å². The minimum Gasteiger partial charge on any atom is -0.481 e. The number of carbonyl (C=O) groups excluding carboxylic acids is 2. The number of carbonyl (C=O) groups is 3. The molecule has 7 heteroatoms. The Labute approximate surface area is 124 Å². The number of nitrogens with zero attached hydrogens (tertiary/aromatic N) is 1. The van der Waals surface area contributed by atoms with Gasteiger partial charge in [-0.1, -0.05) is 13.3 Å². The summed E-state index contributed by atoms with van der Waals surface area (Å²) in [6, 6.07) is -0.314. The lowest BCUT2D eigenvalue weighted by Gasteiger charge is -2.29. The molecule has 1 aliphatic carbocycles. The van der Waals surface area contributed by atoms with E-state index in [2.05, 4.69) is 5.32 Å². The van der Waals surface area contributed by atoms with Crippen LogP contribution in [-0.2, 0) is 9.59 Å². The normalized spacial score (nSPS) is 21.6. The highest BCUT2D eigenvalue weighted by atomic mass is 16.4. The molecule has 1 fully saturated rings. The molecule has 0 spiro atoms. The molecule has 0 aromatic heterocycles. The molecule has 0 aromatic rings. The third kappa shape index (κ3) is 6.01. The summed E-state index contributed by atoms with van der Waals surface area (Å²) in [6.07, 6.45) is 4.19. The molecule has 4 N–H and O–H groups in total. The third-order valence-corrected chi connectivity index (χ3v) is 3.82. The van der Waals surface area contributed by atoms with Crippen LogP contribution in [0.4, 0.5) is 4.79 Å². The molecule has 0 atom stereocenters. The summed E-state index contributed by atoms with van der Waals surface area (Å²) in [7, 11) is 0. The second-order valence-corrected chi connectivity index (χ2v) is 5.58. The number of aliphatic carboxylic acids is 1. The summed E-state index contributed by atoms with van der Waals surface area (Å²) < 4.78 is 0. The molecule has 0 heterocycles. The first-order chi connectivity index (χ1) is 9.93. The maximum absolute atomic E-state index is 12.2.